The number of nitriles is 1. The van der Waals surface area contributed by atoms with E-state index in [1.807, 2.05) is 0 Å². The highest BCUT2D eigenvalue weighted by molar-refractivity contribution is 5.84. The Labute approximate surface area is 170 Å². The number of fused-ring (bicyclic) bond motifs is 1. The van der Waals surface area contributed by atoms with Gasteiger partial charge in [0.1, 0.15) is 17.7 Å². The topological polar surface area (TPSA) is 57.9 Å². The van der Waals surface area contributed by atoms with Crippen LogP contribution in [0.4, 0.5) is 17.6 Å². The summed E-state index contributed by atoms with van der Waals surface area (Å²) in [7, 11) is 0. The van der Waals surface area contributed by atoms with Crippen molar-refractivity contribution in [2.45, 2.75) is 37.7 Å². The third kappa shape index (κ3) is 4.07. The second-order valence-corrected chi connectivity index (χ2v) is 7.23. The molecule has 1 aliphatic carbocycles. The lowest BCUT2D eigenvalue weighted by Crippen LogP contribution is -2.46. The van der Waals surface area contributed by atoms with Gasteiger partial charge in [0.25, 0.3) is 0 Å². The Morgan fingerprint density at radius 3 is 2.70 bits per heavy atom. The summed E-state index contributed by atoms with van der Waals surface area (Å²) in [4.78, 5) is 4.05. The molecule has 1 aromatic heterocycles. The summed E-state index contributed by atoms with van der Waals surface area (Å²) in [6, 6.07) is 9.76. The second-order valence-electron chi connectivity index (χ2n) is 7.23. The Bertz CT molecular complexity index is 1120. The van der Waals surface area contributed by atoms with Gasteiger partial charge in [-0.05, 0) is 54.6 Å². The Morgan fingerprint density at radius 2 is 1.97 bits per heavy atom. The molecular weight excluding hydrogens is 398 g/mol. The maximum absolute atomic E-state index is 14.3. The zero-order valence-electron chi connectivity index (χ0n) is 15.7. The van der Waals surface area contributed by atoms with E-state index < -0.39 is 17.3 Å². The first kappa shape index (κ1) is 20.1. The van der Waals surface area contributed by atoms with E-state index in [9.17, 15) is 17.6 Å². The van der Waals surface area contributed by atoms with Crippen LogP contribution in [0, 0.1) is 17.1 Å². The molecule has 154 valence electrons. The van der Waals surface area contributed by atoms with Gasteiger partial charge in [-0.25, -0.2) is 4.39 Å². The SMILES string of the molecule is N#Cc1cc(OC2CC(NCc3c(F)ccc4cnccc34)C2)ccc1C(F)(F)F. The smallest absolute Gasteiger partial charge is 0.417 e. The van der Waals surface area contributed by atoms with Crippen LogP contribution < -0.4 is 10.1 Å². The molecular formula is C22H17F4N3O. The fourth-order valence-corrected chi connectivity index (χ4v) is 3.59. The van der Waals surface area contributed by atoms with E-state index in [4.69, 9.17) is 10.00 Å². The van der Waals surface area contributed by atoms with Crippen LogP contribution in [0.2, 0.25) is 0 Å². The number of benzene rings is 2. The predicted molar refractivity (Wildman–Crippen MR) is 102 cm³/mol. The third-order valence-corrected chi connectivity index (χ3v) is 5.26. The molecule has 8 heteroatoms. The van der Waals surface area contributed by atoms with Gasteiger partial charge in [-0.3, -0.25) is 4.98 Å². The summed E-state index contributed by atoms with van der Waals surface area (Å²) in [5.41, 5.74) is -0.867. The summed E-state index contributed by atoms with van der Waals surface area (Å²) < 4.78 is 58.6. The van der Waals surface area contributed by atoms with Crippen molar-refractivity contribution >= 4 is 10.8 Å². The third-order valence-electron chi connectivity index (χ3n) is 5.26. The Morgan fingerprint density at radius 1 is 1.17 bits per heavy atom. The molecule has 1 fully saturated rings. The number of nitrogens with one attached hydrogen (secondary N) is 1. The molecule has 4 nitrogen and oxygen atoms in total. The van der Waals surface area contributed by atoms with Crippen molar-refractivity contribution < 1.29 is 22.3 Å². The van der Waals surface area contributed by atoms with Crippen LogP contribution >= 0.6 is 0 Å². The van der Waals surface area contributed by atoms with Crippen LogP contribution in [-0.4, -0.2) is 17.1 Å². The fraction of sp³-hybridized carbons (Fsp3) is 0.273. The molecule has 0 bridgehead atoms. The quantitative estimate of drug-likeness (QED) is 0.598. The number of pyridine rings is 1. The summed E-state index contributed by atoms with van der Waals surface area (Å²) >= 11 is 0. The minimum atomic E-state index is -4.58. The summed E-state index contributed by atoms with van der Waals surface area (Å²) in [6.07, 6.45) is -0.175. The highest BCUT2D eigenvalue weighted by Crippen LogP contribution is 2.35. The van der Waals surface area contributed by atoms with Gasteiger partial charge in [0.2, 0.25) is 0 Å². The monoisotopic (exact) mass is 415 g/mol. The zero-order valence-corrected chi connectivity index (χ0v) is 15.7. The lowest BCUT2D eigenvalue weighted by molar-refractivity contribution is -0.137. The minimum absolute atomic E-state index is 0.108. The van der Waals surface area contributed by atoms with Crippen molar-refractivity contribution in [3.8, 4) is 11.8 Å². The van der Waals surface area contributed by atoms with Gasteiger partial charge >= 0.3 is 6.18 Å². The molecule has 0 spiro atoms. The van der Waals surface area contributed by atoms with Crippen molar-refractivity contribution in [2.24, 2.45) is 0 Å². The molecule has 0 saturated heterocycles. The minimum Gasteiger partial charge on any atom is -0.490 e. The van der Waals surface area contributed by atoms with E-state index in [-0.39, 0.29) is 23.7 Å². The van der Waals surface area contributed by atoms with E-state index in [1.54, 1.807) is 30.6 Å². The molecule has 0 radical (unpaired) electrons. The first-order valence-corrected chi connectivity index (χ1v) is 9.37. The molecule has 0 aliphatic heterocycles. The van der Waals surface area contributed by atoms with Crippen molar-refractivity contribution in [3.05, 3.63) is 71.3 Å². The van der Waals surface area contributed by atoms with Crippen LogP contribution in [0.15, 0.2) is 48.8 Å². The van der Waals surface area contributed by atoms with Crippen molar-refractivity contribution in [1.82, 2.24) is 10.3 Å². The maximum atomic E-state index is 14.3. The van der Waals surface area contributed by atoms with Crippen LogP contribution in [0.5, 0.6) is 5.75 Å². The van der Waals surface area contributed by atoms with E-state index in [0.29, 0.717) is 24.9 Å². The van der Waals surface area contributed by atoms with Crippen LogP contribution in [-0.2, 0) is 12.7 Å². The van der Waals surface area contributed by atoms with Gasteiger partial charge in [0.05, 0.1) is 17.2 Å². The fourth-order valence-electron chi connectivity index (χ4n) is 3.59. The van der Waals surface area contributed by atoms with Gasteiger partial charge in [0.15, 0.2) is 0 Å². The molecule has 0 unspecified atom stereocenters. The normalized spacial score (nSPS) is 18.6. The van der Waals surface area contributed by atoms with Crippen LogP contribution in [0.25, 0.3) is 10.8 Å². The summed E-state index contributed by atoms with van der Waals surface area (Å²) in [5, 5.41) is 13.9. The van der Waals surface area contributed by atoms with E-state index in [0.717, 1.165) is 22.9 Å². The van der Waals surface area contributed by atoms with Gasteiger partial charge in [-0.15, -0.1) is 0 Å². The average Bonchev–Trinajstić information content (AvgIpc) is 2.69. The van der Waals surface area contributed by atoms with Gasteiger partial charge < -0.3 is 10.1 Å². The number of nitrogens with zero attached hydrogens (tertiary/aromatic N) is 2. The van der Waals surface area contributed by atoms with E-state index in [1.165, 1.54) is 12.1 Å². The van der Waals surface area contributed by atoms with Gasteiger partial charge in [-0.2, -0.15) is 18.4 Å². The van der Waals surface area contributed by atoms with E-state index in [2.05, 4.69) is 10.3 Å². The summed E-state index contributed by atoms with van der Waals surface area (Å²) in [5.74, 6) is -0.0577. The molecule has 2 aromatic carbocycles. The zero-order chi connectivity index (χ0) is 21.3. The Hall–Kier alpha value is -3.18. The molecule has 0 atom stereocenters. The molecule has 0 amide bonds. The van der Waals surface area contributed by atoms with Gasteiger partial charge in [-0.1, -0.05) is 0 Å². The molecule has 1 N–H and O–H groups in total. The molecule has 30 heavy (non-hydrogen) atoms. The highest BCUT2D eigenvalue weighted by Gasteiger charge is 2.35. The number of hydrogen-bond donors (Lipinski definition) is 1. The van der Waals surface area contributed by atoms with Gasteiger partial charge in [0, 0.05) is 35.9 Å². The standard InChI is InChI=1S/C22H17F4N3O/c23-21-4-1-13-11-28-6-5-18(13)19(21)12-29-15-8-17(9-15)30-16-2-3-20(22(24,25)26)14(7-16)10-27/h1-7,11,15,17,29H,8-9,12H2. The maximum Gasteiger partial charge on any atom is 0.417 e. The lowest BCUT2D eigenvalue weighted by atomic mass is 9.89. The Balaban J connectivity index is 1.35. The van der Waals surface area contributed by atoms with Crippen molar-refractivity contribution in [1.29, 1.82) is 5.26 Å². The molecule has 1 heterocycles. The van der Waals surface area contributed by atoms with Crippen LogP contribution in [0.3, 0.4) is 0 Å². The first-order chi connectivity index (χ1) is 14.3. The lowest BCUT2D eigenvalue weighted by Gasteiger charge is -2.36. The number of ether oxygens (including phenoxy) is 1. The first-order valence-electron chi connectivity index (χ1n) is 9.37. The molecule has 1 aliphatic rings. The molecule has 1 saturated carbocycles. The largest absolute Gasteiger partial charge is 0.490 e. The number of alkyl halides is 3. The number of halogens is 4. The number of rotatable bonds is 5. The molecule has 4 rings (SSSR count). The van der Waals surface area contributed by atoms with Crippen molar-refractivity contribution in [3.63, 3.8) is 0 Å². The Kier molecular flexibility index (Phi) is 5.31. The van der Waals surface area contributed by atoms with Crippen LogP contribution in [0.1, 0.15) is 29.5 Å². The second kappa shape index (κ2) is 7.92. The van der Waals surface area contributed by atoms with E-state index >= 15 is 0 Å². The van der Waals surface area contributed by atoms with Crippen molar-refractivity contribution in [2.75, 3.05) is 0 Å². The average molecular weight is 415 g/mol. The number of hydrogen-bond acceptors (Lipinski definition) is 4. The molecule has 3 aromatic rings. The number of aromatic nitrogens is 1. The highest BCUT2D eigenvalue weighted by atomic mass is 19.4. The summed E-state index contributed by atoms with van der Waals surface area (Å²) in [6.45, 7) is 0.351. The predicted octanol–water partition coefficient (Wildman–Crippen LogP) is 4.96.